The van der Waals surface area contributed by atoms with Gasteiger partial charge in [-0.05, 0) is 24.3 Å². The maximum atomic E-state index is 11.4. The van der Waals surface area contributed by atoms with Gasteiger partial charge in [-0.1, -0.05) is 44.2 Å². The van der Waals surface area contributed by atoms with E-state index in [1.807, 2.05) is 30.3 Å². The third kappa shape index (κ3) is 6.61. The zero-order valence-corrected chi connectivity index (χ0v) is 10.7. The van der Waals surface area contributed by atoms with E-state index < -0.39 is 0 Å². The van der Waals surface area contributed by atoms with Crippen LogP contribution in [0.3, 0.4) is 0 Å². The molecule has 17 heavy (non-hydrogen) atoms. The highest BCUT2D eigenvalue weighted by atomic mass is 16.2. The second-order valence-electron chi connectivity index (χ2n) is 4.63. The number of amides is 2. The van der Waals surface area contributed by atoms with Crippen LogP contribution in [0.2, 0.25) is 0 Å². The fourth-order valence-electron chi connectivity index (χ4n) is 1.55. The molecule has 94 valence electrons. The van der Waals surface area contributed by atoms with Gasteiger partial charge in [0, 0.05) is 13.1 Å². The minimum Gasteiger partial charge on any atom is -0.338 e. The average Bonchev–Trinajstić information content (AvgIpc) is 2.33. The lowest BCUT2D eigenvalue weighted by molar-refractivity contribution is 0.240. The van der Waals surface area contributed by atoms with Gasteiger partial charge in [-0.3, -0.25) is 0 Å². The van der Waals surface area contributed by atoms with Gasteiger partial charge in [-0.25, -0.2) is 4.79 Å². The van der Waals surface area contributed by atoms with Crippen LogP contribution in [0.5, 0.6) is 0 Å². The van der Waals surface area contributed by atoms with Crippen LogP contribution in [-0.2, 0) is 6.54 Å². The first-order chi connectivity index (χ1) is 8.18. The topological polar surface area (TPSA) is 41.1 Å². The Morgan fingerprint density at radius 2 is 1.88 bits per heavy atom. The molecule has 0 heterocycles. The molecule has 1 aromatic rings. The quantitative estimate of drug-likeness (QED) is 0.730. The van der Waals surface area contributed by atoms with E-state index >= 15 is 0 Å². The second kappa shape index (κ2) is 7.71. The molecule has 0 aliphatic carbocycles. The summed E-state index contributed by atoms with van der Waals surface area (Å²) in [6, 6.07) is 9.82. The summed E-state index contributed by atoms with van der Waals surface area (Å²) >= 11 is 0. The molecule has 3 nitrogen and oxygen atoms in total. The van der Waals surface area contributed by atoms with E-state index in [1.54, 1.807) is 0 Å². The largest absolute Gasteiger partial charge is 0.338 e. The molecule has 0 bridgehead atoms. The molecule has 0 aromatic heterocycles. The van der Waals surface area contributed by atoms with Gasteiger partial charge < -0.3 is 10.6 Å². The predicted molar refractivity (Wildman–Crippen MR) is 70.8 cm³/mol. The molecule has 3 heteroatoms. The minimum atomic E-state index is -0.0855. The number of benzene rings is 1. The summed E-state index contributed by atoms with van der Waals surface area (Å²) in [7, 11) is 0. The lowest BCUT2D eigenvalue weighted by atomic mass is 10.1. The Balaban J connectivity index is 2.09. The Kier molecular flexibility index (Phi) is 6.15. The average molecular weight is 234 g/mol. The third-order valence-electron chi connectivity index (χ3n) is 2.54. The summed E-state index contributed by atoms with van der Waals surface area (Å²) in [5.74, 6) is 0.698. The number of carbonyl (C=O) groups is 1. The summed E-state index contributed by atoms with van der Waals surface area (Å²) in [5, 5.41) is 5.70. The fraction of sp³-hybridized carbons (Fsp3) is 0.500. The van der Waals surface area contributed by atoms with Crippen molar-refractivity contribution < 1.29 is 4.79 Å². The van der Waals surface area contributed by atoms with Crippen molar-refractivity contribution in [2.75, 3.05) is 6.54 Å². The molecular weight excluding hydrogens is 212 g/mol. The molecule has 0 spiro atoms. The monoisotopic (exact) mass is 234 g/mol. The Labute approximate surface area is 104 Å². The summed E-state index contributed by atoms with van der Waals surface area (Å²) in [6.45, 7) is 5.71. The highest BCUT2D eigenvalue weighted by molar-refractivity contribution is 5.73. The molecule has 0 fully saturated rings. The molecule has 2 N–H and O–H groups in total. The Bertz CT molecular complexity index is 322. The Morgan fingerprint density at radius 3 is 2.53 bits per heavy atom. The van der Waals surface area contributed by atoms with Gasteiger partial charge in [-0.15, -0.1) is 0 Å². The first kappa shape index (κ1) is 13.6. The zero-order chi connectivity index (χ0) is 12.5. The van der Waals surface area contributed by atoms with Crippen molar-refractivity contribution in [3.63, 3.8) is 0 Å². The van der Waals surface area contributed by atoms with Gasteiger partial charge in [0.15, 0.2) is 0 Å². The van der Waals surface area contributed by atoms with Crippen molar-refractivity contribution >= 4 is 6.03 Å². The van der Waals surface area contributed by atoms with E-state index in [0.29, 0.717) is 12.5 Å². The van der Waals surface area contributed by atoms with Crippen LogP contribution in [0.4, 0.5) is 4.79 Å². The summed E-state index contributed by atoms with van der Waals surface area (Å²) in [5.41, 5.74) is 1.12. The van der Waals surface area contributed by atoms with E-state index in [0.717, 1.165) is 24.9 Å². The van der Waals surface area contributed by atoms with Gasteiger partial charge in [0.25, 0.3) is 0 Å². The lowest BCUT2D eigenvalue weighted by Gasteiger charge is -2.08. The molecule has 1 rings (SSSR count). The standard InChI is InChI=1S/C14H22N2O/c1-12(2)7-6-10-15-14(17)16-11-13-8-4-3-5-9-13/h3-5,8-9,12H,6-7,10-11H2,1-2H3,(H2,15,16,17). The van der Waals surface area contributed by atoms with E-state index in [1.165, 1.54) is 0 Å². The molecule has 0 aliphatic rings. The SMILES string of the molecule is CC(C)CCCNC(=O)NCc1ccccc1. The van der Waals surface area contributed by atoms with Crippen molar-refractivity contribution in [2.45, 2.75) is 33.2 Å². The van der Waals surface area contributed by atoms with E-state index in [4.69, 9.17) is 0 Å². The molecule has 0 aliphatic heterocycles. The van der Waals surface area contributed by atoms with E-state index in [2.05, 4.69) is 24.5 Å². The first-order valence-electron chi connectivity index (χ1n) is 6.24. The molecule has 1 aromatic carbocycles. The minimum absolute atomic E-state index is 0.0855. The normalized spacial score (nSPS) is 10.3. The third-order valence-corrected chi connectivity index (χ3v) is 2.54. The lowest BCUT2D eigenvalue weighted by Crippen LogP contribution is -2.35. The molecule has 0 saturated carbocycles. The summed E-state index contributed by atoms with van der Waals surface area (Å²) < 4.78 is 0. The number of nitrogens with one attached hydrogen (secondary N) is 2. The van der Waals surface area contributed by atoms with Crippen LogP contribution in [0.1, 0.15) is 32.3 Å². The van der Waals surface area contributed by atoms with Crippen molar-refractivity contribution in [3.8, 4) is 0 Å². The maximum Gasteiger partial charge on any atom is 0.315 e. The fourth-order valence-corrected chi connectivity index (χ4v) is 1.55. The van der Waals surface area contributed by atoms with Crippen LogP contribution < -0.4 is 10.6 Å². The number of urea groups is 1. The first-order valence-corrected chi connectivity index (χ1v) is 6.24. The molecule has 2 amide bonds. The zero-order valence-electron chi connectivity index (χ0n) is 10.7. The molecule has 0 unspecified atom stereocenters. The molecular formula is C14H22N2O. The van der Waals surface area contributed by atoms with Crippen LogP contribution >= 0.6 is 0 Å². The smallest absolute Gasteiger partial charge is 0.315 e. The Morgan fingerprint density at radius 1 is 1.18 bits per heavy atom. The maximum absolute atomic E-state index is 11.4. The number of carbonyl (C=O) groups excluding carboxylic acids is 1. The number of rotatable bonds is 6. The van der Waals surface area contributed by atoms with Gasteiger partial charge in [0.2, 0.25) is 0 Å². The number of hydrogen-bond acceptors (Lipinski definition) is 1. The van der Waals surface area contributed by atoms with E-state index in [9.17, 15) is 4.79 Å². The van der Waals surface area contributed by atoms with Crippen molar-refractivity contribution in [1.29, 1.82) is 0 Å². The van der Waals surface area contributed by atoms with Crippen molar-refractivity contribution in [3.05, 3.63) is 35.9 Å². The number of hydrogen-bond donors (Lipinski definition) is 2. The molecule has 0 radical (unpaired) electrons. The summed E-state index contributed by atoms with van der Waals surface area (Å²) in [4.78, 5) is 11.4. The highest BCUT2D eigenvalue weighted by Crippen LogP contribution is 2.01. The van der Waals surface area contributed by atoms with Gasteiger partial charge in [0.05, 0.1) is 0 Å². The van der Waals surface area contributed by atoms with Crippen LogP contribution in [0.25, 0.3) is 0 Å². The van der Waals surface area contributed by atoms with E-state index in [-0.39, 0.29) is 6.03 Å². The Hall–Kier alpha value is -1.51. The van der Waals surface area contributed by atoms with Crippen LogP contribution in [-0.4, -0.2) is 12.6 Å². The van der Waals surface area contributed by atoms with Gasteiger partial charge in [-0.2, -0.15) is 0 Å². The van der Waals surface area contributed by atoms with Crippen LogP contribution in [0.15, 0.2) is 30.3 Å². The van der Waals surface area contributed by atoms with Crippen molar-refractivity contribution in [2.24, 2.45) is 5.92 Å². The predicted octanol–water partition coefficient (Wildman–Crippen LogP) is 2.92. The van der Waals surface area contributed by atoms with Crippen LogP contribution in [0, 0.1) is 5.92 Å². The molecule has 0 saturated heterocycles. The van der Waals surface area contributed by atoms with Gasteiger partial charge >= 0.3 is 6.03 Å². The molecule has 0 atom stereocenters. The summed E-state index contributed by atoms with van der Waals surface area (Å²) in [6.07, 6.45) is 2.19. The highest BCUT2D eigenvalue weighted by Gasteiger charge is 1.99. The van der Waals surface area contributed by atoms with Crippen molar-refractivity contribution in [1.82, 2.24) is 10.6 Å². The van der Waals surface area contributed by atoms with Gasteiger partial charge in [0.1, 0.15) is 0 Å². The second-order valence-corrected chi connectivity index (χ2v) is 4.63.